The first-order valence-electron chi connectivity index (χ1n) is 8.97. The molecule has 2 aromatic carbocycles. The van der Waals surface area contributed by atoms with E-state index < -0.39 is 0 Å². The summed E-state index contributed by atoms with van der Waals surface area (Å²) in [5.41, 5.74) is 3.06. The van der Waals surface area contributed by atoms with Gasteiger partial charge in [-0.05, 0) is 61.3 Å². The van der Waals surface area contributed by atoms with Gasteiger partial charge >= 0.3 is 0 Å². The maximum Gasteiger partial charge on any atom is 0.228 e. The molecule has 0 bridgehead atoms. The molecule has 1 fully saturated rings. The summed E-state index contributed by atoms with van der Waals surface area (Å²) in [5.74, 6) is 1.06. The minimum Gasteiger partial charge on any atom is -0.497 e. The quantitative estimate of drug-likeness (QED) is 0.895. The molecule has 132 valence electrons. The summed E-state index contributed by atoms with van der Waals surface area (Å²) >= 11 is 0. The summed E-state index contributed by atoms with van der Waals surface area (Å²) in [6.45, 7) is 5.14. The van der Waals surface area contributed by atoms with E-state index in [1.165, 1.54) is 0 Å². The van der Waals surface area contributed by atoms with E-state index >= 15 is 0 Å². The second kappa shape index (κ2) is 8.17. The lowest BCUT2D eigenvalue weighted by Crippen LogP contribution is -2.40. The summed E-state index contributed by atoms with van der Waals surface area (Å²) in [4.78, 5) is 14.9. The molecule has 0 aromatic heterocycles. The number of piperidine rings is 1. The highest BCUT2D eigenvalue weighted by Crippen LogP contribution is 2.25. The number of amides is 1. The third-order valence-corrected chi connectivity index (χ3v) is 4.88. The topological polar surface area (TPSA) is 41.6 Å². The molecule has 0 unspecified atom stereocenters. The number of hydrogen-bond acceptors (Lipinski definition) is 3. The van der Waals surface area contributed by atoms with Crippen molar-refractivity contribution in [3.63, 3.8) is 0 Å². The predicted molar refractivity (Wildman–Crippen MR) is 102 cm³/mol. The van der Waals surface area contributed by atoms with Gasteiger partial charge in [-0.15, -0.1) is 0 Å². The van der Waals surface area contributed by atoms with E-state index in [-0.39, 0.29) is 11.8 Å². The molecule has 0 saturated carbocycles. The Morgan fingerprint density at radius 3 is 2.72 bits per heavy atom. The maximum atomic E-state index is 12.5. The Morgan fingerprint density at radius 2 is 2.00 bits per heavy atom. The average Bonchev–Trinajstić information content (AvgIpc) is 2.68. The van der Waals surface area contributed by atoms with Crippen molar-refractivity contribution < 1.29 is 9.53 Å². The molecule has 1 aliphatic heterocycles. The summed E-state index contributed by atoms with van der Waals surface area (Å²) in [6, 6.07) is 16.0. The van der Waals surface area contributed by atoms with E-state index in [9.17, 15) is 4.79 Å². The van der Waals surface area contributed by atoms with Crippen LogP contribution in [-0.4, -0.2) is 37.6 Å². The van der Waals surface area contributed by atoms with Crippen LogP contribution in [0.15, 0.2) is 48.5 Å². The lowest BCUT2D eigenvalue weighted by atomic mass is 9.97. The summed E-state index contributed by atoms with van der Waals surface area (Å²) in [6.07, 6.45) is 2.07. The number of rotatable bonds is 5. The van der Waals surface area contributed by atoms with Crippen LogP contribution in [0.4, 0.5) is 5.69 Å². The number of methoxy groups -OCH3 is 1. The Labute approximate surface area is 149 Å². The van der Waals surface area contributed by atoms with Crippen LogP contribution < -0.4 is 10.1 Å². The van der Waals surface area contributed by atoms with Crippen molar-refractivity contribution in [3.8, 4) is 16.9 Å². The van der Waals surface area contributed by atoms with Crippen molar-refractivity contribution in [2.45, 2.75) is 19.8 Å². The van der Waals surface area contributed by atoms with Gasteiger partial charge in [0, 0.05) is 12.2 Å². The second-order valence-electron chi connectivity index (χ2n) is 6.53. The molecule has 0 radical (unpaired) electrons. The molecule has 4 nitrogen and oxygen atoms in total. The number of ether oxygens (including phenoxy) is 1. The van der Waals surface area contributed by atoms with Crippen molar-refractivity contribution in [2.75, 3.05) is 32.1 Å². The van der Waals surface area contributed by atoms with Crippen LogP contribution in [0.5, 0.6) is 5.75 Å². The SMILES string of the molecule is CCN1CCC[C@H](C(=O)Nc2ccc(-c3cccc(OC)c3)cc2)C1. The van der Waals surface area contributed by atoms with Gasteiger partial charge in [-0.25, -0.2) is 0 Å². The van der Waals surface area contributed by atoms with Crippen LogP contribution in [0.2, 0.25) is 0 Å². The first-order chi connectivity index (χ1) is 12.2. The highest BCUT2D eigenvalue weighted by atomic mass is 16.5. The highest BCUT2D eigenvalue weighted by molar-refractivity contribution is 5.93. The molecular weight excluding hydrogens is 312 g/mol. The highest BCUT2D eigenvalue weighted by Gasteiger charge is 2.24. The molecule has 1 atom stereocenters. The van der Waals surface area contributed by atoms with Gasteiger partial charge in [0.15, 0.2) is 0 Å². The van der Waals surface area contributed by atoms with Gasteiger partial charge in [0.2, 0.25) is 5.91 Å². The zero-order valence-electron chi connectivity index (χ0n) is 15.0. The van der Waals surface area contributed by atoms with Crippen LogP contribution in [0.3, 0.4) is 0 Å². The van der Waals surface area contributed by atoms with Gasteiger partial charge in [0.1, 0.15) is 5.75 Å². The lowest BCUT2D eigenvalue weighted by molar-refractivity contribution is -0.121. The van der Waals surface area contributed by atoms with Gasteiger partial charge in [-0.3, -0.25) is 4.79 Å². The molecule has 2 aromatic rings. The summed E-state index contributed by atoms with van der Waals surface area (Å²) < 4.78 is 5.28. The van der Waals surface area contributed by atoms with E-state index in [0.29, 0.717) is 0 Å². The van der Waals surface area contributed by atoms with Gasteiger partial charge < -0.3 is 15.0 Å². The normalized spacial score (nSPS) is 17.9. The number of anilines is 1. The van der Waals surface area contributed by atoms with E-state index in [4.69, 9.17) is 4.74 Å². The van der Waals surface area contributed by atoms with Crippen molar-refractivity contribution in [3.05, 3.63) is 48.5 Å². The third-order valence-electron chi connectivity index (χ3n) is 4.88. The number of carbonyl (C=O) groups is 1. The molecule has 1 heterocycles. The Balaban J connectivity index is 1.65. The zero-order chi connectivity index (χ0) is 17.6. The third kappa shape index (κ3) is 4.40. The van der Waals surface area contributed by atoms with E-state index in [1.54, 1.807) is 7.11 Å². The molecule has 3 rings (SSSR count). The van der Waals surface area contributed by atoms with Crippen LogP contribution in [-0.2, 0) is 4.79 Å². The van der Waals surface area contributed by atoms with Crippen molar-refractivity contribution in [2.24, 2.45) is 5.92 Å². The molecule has 1 saturated heterocycles. The minimum atomic E-state index is 0.0896. The van der Waals surface area contributed by atoms with E-state index in [2.05, 4.69) is 23.2 Å². The molecule has 1 N–H and O–H groups in total. The number of likely N-dealkylation sites (tertiary alicyclic amines) is 1. The first kappa shape index (κ1) is 17.5. The maximum absolute atomic E-state index is 12.5. The Morgan fingerprint density at radius 1 is 1.20 bits per heavy atom. The van der Waals surface area contributed by atoms with Gasteiger partial charge in [-0.2, -0.15) is 0 Å². The number of nitrogens with one attached hydrogen (secondary N) is 1. The van der Waals surface area contributed by atoms with Gasteiger partial charge in [-0.1, -0.05) is 31.2 Å². The minimum absolute atomic E-state index is 0.0896. The summed E-state index contributed by atoms with van der Waals surface area (Å²) in [5, 5.41) is 3.07. The Kier molecular flexibility index (Phi) is 5.71. The summed E-state index contributed by atoms with van der Waals surface area (Å²) in [7, 11) is 1.67. The monoisotopic (exact) mass is 338 g/mol. The number of benzene rings is 2. The molecule has 25 heavy (non-hydrogen) atoms. The molecular formula is C21H26N2O2. The second-order valence-corrected chi connectivity index (χ2v) is 6.53. The van der Waals surface area contributed by atoms with Crippen LogP contribution >= 0.6 is 0 Å². The van der Waals surface area contributed by atoms with Crippen molar-refractivity contribution >= 4 is 11.6 Å². The number of carbonyl (C=O) groups excluding carboxylic acids is 1. The lowest BCUT2D eigenvalue weighted by Gasteiger charge is -2.30. The molecule has 4 heteroatoms. The fraction of sp³-hybridized carbons (Fsp3) is 0.381. The van der Waals surface area contributed by atoms with E-state index in [0.717, 1.165) is 55.0 Å². The molecule has 0 aliphatic carbocycles. The van der Waals surface area contributed by atoms with Crippen molar-refractivity contribution in [1.29, 1.82) is 0 Å². The van der Waals surface area contributed by atoms with Gasteiger partial charge in [0.25, 0.3) is 0 Å². The Hall–Kier alpha value is -2.33. The van der Waals surface area contributed by atoms with Gasteiger partial charge in [0.05, 0.1) is 13.0 Å². The van der Waals surface area contributed by atoms with E-state index in [1.807, 2.05) is 42.5 Å². The standard InChI is InChI=1S/C21H26N2O2/c1-3-23-13-5-7-18(15-23)21(24)22-19-11-9-16(10-12-19)17-6-4-8-20(14-17)25-2/h4,6,8-12,14,18H,3,5,7,13,15H2,1-2H3,(H,22,24)/t18-/m0/s1. The smallest absolute Gasteiger partial charge is 0.228 e. The zero-order valence-corrected chi connectivity index (χ0v) is 15.0. The molecule has 1 aliphatic rings. The average molecular weight is 338 g/mol. The Bertz CT molecular complexity index is 712. The predicted octanol–water partition coefficient (Wildman–Crippen LogP) is 4.03. The van der Waals surface area contributed by atoms with Crippen LogP contribution in [0.25, 0.3) is 11.1 Å². The van der Waals surface area contributed by atoms with Crippen molar-refractivity contribution in [1.82, 2.24) is 4.90 Å². The molecule has 0 spiro atoms. The van der Waals surface area contributed by atoms with Crippen LogP contribution in [0, 0.1) is 5.92 Å². The fourth-order valence-corrected chi connectivity index (χ4v) is 3.35. The largest absolute Gasteiger partial charge is 0.497 e. The molecule has 1 amide bonds. The number of hydrogen-bond donors (Lipinski definition) is 1. The fourth-order valence-electron chi connectivity index (χ4n) is 3.35. The van der Waals surface area contributed by atoms with Crippen LogP contribution in [0.1, 0.15) is 19.8 Å². The first-order valence-corrected chi connectivity index (χ1v) is 8.97. The number of nitrogens with zero attached hydrogens (tertiary/aromatic N) is 1.